The van der Waals surface area contributed by atoms with E-state index in [1.54, 1.807) is 0 Å². The molecular weight excluding hydrogens is 336 g/mol. The number of anilines is 1. The van der Waals surface area contributed by atoms with E-state index >= 15 is 0 Å². The van der Waals surface area contributed by atoms with Crippen molar-refractivity contribution in [2.75, 3.05) is 5.32 Å². The fourth-order valence-corrected chi connectivity index (χ4v) is 2.74. The van der Waals surface area contributed by atoms with Gasteiger partial charge in [0.25, 0.3) is 0 Å². The number of carbonyl (C=O) groups excluding carboxylic acids is 1. The number of carbonyl (C=O) groups is 1. The third-order valence-electron chi connectivity index (χ3n) is 2.23. The highest BCUT2D eigenvalue weighted by Crippen LogP contribution is 2.35. The predicted octanol–water partition coefficient (Wildman–Crippen LogP) is 3.68. The second kappa shape index (κ2) is 5.46. The molecule has 0 spiro atoms. The number of nitrogens with zero attached hydrogens (tertiary/aromatic N) is 1. The molecule has 0 aliphatic carbocycles. The number of nitrogens with one attached hydrogen (secondary N) is 1. The molecule has 3 nitrogen and oxygen atoms in total. The highest BCUT2D eigenvalue weighted by molar-refractivity contribution is 9.11. The highest BCUT2D eigenvalue weighted by atomic mass is 79.9. The summed E-state index contributed by atoms with van der Waals surface area (Å²) in [6.07, 6.45) is -0.147. The zero-order valence-corrected chi connectivity index (χ0v) is 12.1. The van der Waals surface area contributed by atoms with Crippen LogP contribution in [0.2, 0.25) is 0 Å². The zero-order valence-electron chi connectivity index (χ0n) is 8.90. The summed E-state index contributed by atoms with van der Waals surface area (Å²) in [6.45, 7) is 3.96. The van der Waals surface area contributed by atoms with Crippen molar-refractivity contribution in [3.8, 4) is 6.07 Å². The fraction of sp³-hybridized carbons (Fsp3) is 0.273. The lowest BCUT2D eigenvalue weighted by Crippen LogP contribution is -2.11. The smallest absolute Gasteiger partial charge is 0.238 e. The van der Waals surface area contributed by atoms with Gasteiger partial charge in [0.2, 0.25) is 5.91 Å². The maximum absolute atomic E-state index is 11.3. The number of aryl methyl sites for hydroxylation is 1. The molecule has 5 heteroatoms. The number of benzene rings is 1. The lowest BCUT2D eigenvalue weighted by Gasteiger charge is -2.12. The SMILES string of the molecule is Cc1cc(Br)c(NC(=O)CC#N)c(Br)c1C. The number of hydrogen-bond donors (Lipinski definition) is 1. The largest absolute Gasteiger partial charge is 0.323 e. The van der Waals surface area contributed by atoms with E-state index in [-0.39, 0.29) is 12.3 Å². The van der Waals surface area contributed by atoms with Crippen LogP contribution in [-0.4, -0.2) is 5.91 Å². The molecule has 1 N–H and O–H groups in total. The van der Waals surface area contributed by atoms with Crippen molar-refractivity contribution in [3.05, 3.63) is 26.1 Å². The predicted molar refractivity (Wildman–Crippen MR) is 70.2 cm³/mol. The molecule has 0 aromatic heterocycles. The Kier molecular flexibility index (Phi) is 4.51. The van der Waals surface area contributed by atoms with Crippen molar-refractivity contribution in [2.24, 2.45) is 0 Å². The quantitative estimate of drug-likeness (QED) is 0.888. The summed E-state index contributed by atoms with van der Waals surface area (Å²) >= 11 is 6.82. The van der Waals surface area contributed by atoms with E-state index in [9.17, 15) is 4.79 Å². The van der Waals surface area contributed by atoms with Gasteiger partial charge in [0.15, 0.2) is 0 Å². The second-order valence-corrected chi connectivity index (χ2v) is 5.02. The first-order valence-corrected chi connectivity index (χ1v) is 6.18. The zero-order chi connectivity index (χ0) is 12.3. The minimum atomic E-state index is -0.313. The third kappa shape index (κ3) is 2.83. The maximum Gasteiger partial charge on any atom is 0.238 e. The fourth-order valence-electron chi connectivity index (χ4n) is 1.21. The van der Waals surface area contributed by atoms with Gasteiger partial charge in [0, 0.05) is 8.95 Å². The van der Waals surface area contributed by atoms with Crippen LogP contribution >= 0.6 is 31.9 Å². The van der Waals surface area contributed by atoms with E-state index in [2.05, 4.69) is 37.2 Å². The molecular formula is C11H10Br2N2O. The number of nitriles is 1. The Balaban J connectivity index is 3.11. The lowest BCUT2D eigenvalue weighted by molar-refractivity contribution is -0.115. The first kappa shape index (κ1) is 13.2. The first-order chi connectivity index (χ1) is 7.47. The molecule has 0 saturated heterocycles. The minimum absolute atomic E-state index is 0.147. The van der Waals surface area contributed by atoms with Crippen molar-refractivity contribution in [1.29, 1.82) is 5.26 Å². The highest BCUT2D eigenvalue weighted by Gasteiger charge is 2.12. The van der Waals surface area contributed by atoms with E-state index in [1.807, 2.05) is 26.0 Å². The summed E-state index contributed by atoms with van der Waals surface area (Å²) in [6, 6.07) is 3.74. The Morgan fingerprint density at radius 3 is 2.69 bits per heavy atom. The number of halogens is 2. The molecule has 1 rings (SSSR count). The molecule has 0 unspecified atom stereocenters. The molecule has 0 radical (unpaired) electrons. The molecule has 1 aromatic carbocycles. The van der Waals surface area contributed by atoms with Gasteiger partial charge in [-0.1, -0.05) is 0 Å². The number of rotatable bonds is 2. The molecule has 0 heterocycles. The molecule has 0 aliphatic rings. The van der Waals surface area contributed by atoms with E-state index in [4.69, 9.17) is 5.26 Å². The van der Waals surface area contributed by atoms with Crippen LogP contribution < -0.4 is 5.32 Å². The van der Waals surface area contributed by atoms with Crippen molar-refractivity contribution in [2.45, 2.75) is 20.3 Å². The molecule has 16 heavy (non-hydrogen) atoms. The van der Waals surface area contributed by atoms with Crippen molar-refractivity contribution in [3.63, 3.8) is 0 Å². The summed E-state index contributed by atoms with van der Waals surface area (Å²) < 4.78 is 1.64. The maximum atomic E-state index is 11.3. The van der Waals surface area contributed by atoms with Crippen LogP contribution in [0.1, 0.15) is 17.5 Å². The molecule has 1 aromatic rings. The Hall–Kier alpha value is -0.860. The van der Waals surface area contributed by atoms with E-state index in [0.29, 0.717) is 5.69 Å². The van der Waals surface area contributed by atoms with Crippen LogP contribution in [0.4, 0.5) is 5.69 Å². The Morgan fingerprint density at radius 2 is 2.12 bits per heavy atom. The standard InChI is InChI=1S/C11H10Br2N2O/c1-6-5-8(12)11(10(13)7(6)2)15-9(16)3-4-14/h5H,3H2,1-2H3,(H,15,16). The molecule has 0 atom stereocenters. The Labute approximate surface area is 111 Å². The third-order valence-corrected chi connectivity index (χ3v) is 3.84. The van der Waals surface area contributed by atoms with Crippen LogP contribution in [0.5, 0.6) is 0 Å². The summed E-state index contributed by atoms with van der Waals surface area (Å²) in [7, 11) is 0. The molecule has 84 valence electrons. The van der Waals surface area contributed by atoms with Crippen molar-refractivity contribution >= 4 is 43.5 Å². The van der Waals surface area contributed by atoms with Gasteiger partial charge in [-0.25, -0.2) is 0 Å². The molecule has 1 amide bonds. The monoisotopic (exact) mass is 344 g/mol. The molecule has 0 saturated carbocycles. The summed E-state index contributed by atoms with van der Waals surface area (Å²) in [5.74, 6) is -0.313. The van der Waals surface area contributed by atoms with Gasteiger partial charge >= 0.3 is 0 Å². The van der Waals surface area contributed by atoms with Crippen LogP contribution in [0.3, 0.4) is 0 Å². The molecule has 0 bridgehead atoms. The topological polar surface area (TPSA) is 52.9 Å². The van der Waals surface area contributed by atoms with Gasteiger partial charge in [-0.2, -0.15) is 5.26 Å². The minimum Gasteiger partial charge on any atom is -0.323 e. The average Bonchev–Trinajstić information content (AvgIpc) is 2.22. The van der Waals surface area contributed by atoms with Gasteiger partial charge < -0.3 is 5.32 Å². The summed E-state index contributed by atoms with van der Waals surface area (Å²) in [5, 5.41) is 11.1. The van der Waals surface area contributed by atoms with E-state index < -0.39 is 0 Å². The van der Waals surface area contributed by atoms with E-state index in [0.717, 1.165) is 20.1 Å². The van der Waals surface area contributed by atoms with E-state index in [1.165, 1.54) is 0 Å². The first-order valence-electron chi connectivity index (χ1n) is 4.59. The van der Waals surface area contributed by atoms with Crippen molar-refractivity contribution < 1.29 is 4.79 Å². The van der Waals surface area contributed by atoms with Gasteiger partial charge in [-0.15, -0.1) is 0 Å². The average molecular weight is 346 g/mol. The van der Waals surface area contributed by atoms with Gasteiger partial charge in [0.1, 0.15) is 6.42 Å². The Bertz CT molecular complexity index is 478. The molecule has 0 aliphatic heterocycles. The van der Waals surface area contributed by atoms with Crippen LogP contribution in [0, 0.1) is 25.2 Å². The second-order valence-electron chi connectivity index (χ2n) is 3.37. The molecule has 0 fully saturated rings. The Morgan fingerprint density at radius 1 is 1.50 bits per heavy atom. The van der Waals surface area contributed by atoms with Gasteiger partial charge in [-0.3, -0.25) is 4.79 Å². The van der Waals surface area contributed by atoms with Crippen LogP contribution in [0.15, 0.2) is 15.0 Å². The summed E-state index contributed by atoms with van der Waals surface area (Å²) in [5.41, 5.74) is 2.86. The van der Waals surface area contributed by atoms with Gasteiger partial charge in [0.05, 0.1) is 11.8 Å². The van der Waals surface area contributed by atoms with Crippen molar-refractivity contribution in [1.82, 2.24) is 0 Å². The lowest BCUT2D eigenvalue weighted by atomic mass is 10.1. The van der Waals surface area contributed by atoms with Gasteiger partial charge in [-0.05, 0) is 62.9 Å². The number of amides is 1. The number of hydrogen-bond acceptors (Lipinski definition) is 2. The van der Waals surface area contributed by atoms with Crippen LogP contribution in [-0.2, 0) is 4.79 Å². The normalized spacial score (nSPS) is 9.69. The van der Waals surface area contributed by atoms with Crippen LogP contribution in [0.25, 0.3) is 0 Å². The summed E-state index contributed by atoms with van der Waals surface area (Å²) in [4.78, 5) is 11.3.